The second-order valence-corrected chi connectivity index (χ2v) is 8.86. The molecule has 0 radical (unpaired) electrons. The zero-order chi connectivity index (χ0) is 21.4. The smallest absolute Gasteiger partial charge is 0.136 e. The van der Waals surface area contributed by atoms with Crippen LogP contribution in [0.5, 0.6) is 0 Å². The van der Waals surface area contributed by atoms with Gasteiger partial charge in [0.05, 0.1) is 0 Å². The van der Waals surface area contributed by atoms with Gasteiger partial charge in [0.25, 0.3) is 0 Å². The molecule has 0 bridgehead atoms. The molecule has 1 saturated carbocycles. The maximum Gasteiger partial charge on any atom is 0.136 e. The van der Waals surface area contributed by atoms with E-state index in [0.717, 1.165) is 37.2 Å². The summed E-state index contributed by atoms with van der Waals surface area (Å²) in [7, 11) is 3.65. The van der Waals surface area contributed by atoms with Gasteiger partial charge < -0.3 is 5.32 Å². The van der Waals surface area contributed by atoms with Crippen molar-refractivity contribution >= 4 is 6.21 Å². The van der Waals surface area contributed by atoms with Gasteiger partial charge in [0.1, 0.15) is 17.5 Å². The lowest BCUT2D eigenvalue weighted by atomic mass is 9.68. The van der Waals surface area contributed by atoms with Crippen molar-refractivity contribution in [2.75, 3.05) is 20.6 Å². The molecule has 2 N–H and O–H groups in total. The van der Waals surface area contributed by atoms with Crippen LogP contribution in [0.25, 0.3) is 0 Å². The predicted molar refractivity (Wildman–Crippen MR) is 119 cm³/mol. The van der Waals surface area contributed by atoms with Crippen LogP contribution >= 0.6 is 0 Å². The quantitative estimate of drug-likeness (QED) is 0.399. The van der Waals surface area contributed by atoms with E-state index in [9.17, 15) is 5.26 Å². The number of nitrogens with one attached hydrogen (secondary N) is 2. The molecule has 0 aliphatic heterocycles. The summed E-state index contributed by atoms with van der Waals surface area (Å²) in [5, 5.41) is 15.3. The van der Waals surface area contributed by atoms with Crippen LogP contribution in [-0.4, -0.2) is 42.9 Å². The first-order valence-electron chi connectivity index (χ1n) is 10.5. The maximum atomic E-state index is 9.68. The molecule has 6 heteroatoms. The van der Waals surface area contributed by atoms with Crippen LogP contribution in [0.3, 0.4) is 0 Å². The first kappa shape index (κ1) is 22.9. The number of rotatable bonds is 8. The Bertz CT molecular complexity index is 774. The number of allylic oxidation sites excluding steroid dienone is 1. The minimum Gasteiger partial charge on any atom is -0.367 e. The molecule has 0 saturated heterocycles. The Kier molecular flexibility index (Phi) is 8.21. The molecule has 158 valence electrons. The van der Waals surface area contributed by atoms with Gasteiger partial charge in [-0.05, 0) is 55.1 Å². The van der Waals surface area contributed by atoms with Crippen molar-refractivity contribution in [1.82, 2.24) is 20.7 Å². The monoisotopic (exact) mass is 396 g/mol. The normalized spacial score (nSPS) is 22.1. The fourth-order valence-corrected chi connectivity index (χ4v) is 3.93. The number of pyridine rings is 1. The third kappa shape index (κ3) is 6.57. The summed E-state index contributed by atoms with van der Waals surface area (Å²) in [6.45, 7) is 9.82. The SMILES string of the molecule is CN=C/C(C#N)=C(/NC1CCC(C)C(C)(C)C1)N(C)NCCc1cncc(C)c1. The topological polar surface area (TPSA) is 76.3 Å². The van der Waals surface area contributed by atoms with E-state index in [2.05, 4.69) is 60.5 Å². The summed E-state index contributed by atoms with van der Waals surface area (Å²) >= 11 is 0. The molecular weight excluding hydrogens is 360 g/mol. The molecule has 1 fully saturated rings. The van der Waals surface area contributed by atoms with Crippen LogP contribution in [0.15, 0.2) is 34.8 Å². The van der Waals surface area contributed by atoms with Crippen LogP contribution in [0.4, 0.5) is 0 Å². The van der Waals surface area contributed by atoms with Crippen molar-refractivity contribution in [2.45, 2.75) is 59.4 Å². The molecule has 0 aromatic carbocycles. The molecule has 0 spiro atoms. The van der Waals surface area contributed by atoms with Crippen molar-refractivity contribution in [1.29, 1.82) is 5.26 Å². The summed E-state index contributed by atoms with van der Waals surface area (Å²) in [5.41, 5.74) is 6.60. The predicted octanol–water partition coefficient (Wildman–Crippen LogP) is 3.61. The van der Waals surface area contributed by atoms with Crippen molar-refractivity contribution in [3.63, 3.8) is 0 Å². The Morgan fingerprint density at radius 2 is 2.17 bits per heavy atom. The number of nitrogens with zero attached hydrogens (tertiary/aromatic N) is 4. The van der Waals surface area contributed by atoms with Gasteiger partial charge in [0.15, 0.2) is 0 Å². The highest BCUT2D eigenvalue weighted by molar-refractivity contribution is 5.84. The van der Waals surface area contributed by atoms with Gasteiger partial charge in [0, 0.05) is 45.3 Å². The van der Waals surface area contributed by atoms with Gasteiger partial charge in [-0.15, -0.1) is 0 Å². The van der Waals surface area contributed by atoms with Crippen molar-refractivity contribution < 1.29 is 0 Å². The van der Waals surface area contributed by atoms with Crippen molar-refractivity contribution in [3.8, 4) is 6.07 Å². The highest BCUT2D eigenvalue weighted by atomic mass is 15.5. The Balaban J connectivity index is 2.08. The lowest BCUT2D eigenvalue weighted by Gasteiger charge is -2.42. The molecule has 2 unspecified atom stereocenters. The molecule has 1 aliphatic carbocycles. The average Bonchev–Trinajstić information content (AvgIpc) is 2.67. The molecule has 2 atom stereocenters. The lowest BCUT2D eigenvalue weighted by molar-refractivity contribution is 0.120. The molecule has 1 aromatic heterocycles. The third-order valence-electron chi connectivity index (χ3n) is 6.06. The van der Waals surface area contributed by atoms with Crippen LogP contribution in [-0.2, 0) is 6.42 Å². The molecular formula is C23H36N6. The third-order valence-corrected chi connectivity index (χ3v) is 6.06. The summed E-state index contributed by atoms with van der Waals surface area (Å²) in [4.78, 5) is 8.33. The average molecular weight is 397 g/mol. The fraction of sp³-hybridized carbons (Fsp3) is 0.609. The van der Waals surface area contributed by atoms with Gasteiger partial charge in [-0.1, -0.05) is 26.8 Å². The molecule has 0 amide bonds. The van der Waals surface area contributed by atoms with E-state index in [1.165, 1.54) is 12.0 Å². The summed E-state index contributed by atoms with van der Waals surface area (Å²) in [6.07, 6.45) is 9.65. The van der Waals surface area contributed by atoms with Gasteiger partial charge >= 0.3 is 0 Å². The highest BCUT2D eigenvalue weighted by Gasteiger charge is 2.34. The maximum absolute atomic E-state index is 9.68. The number of hydrogen-bond donors (Lipinski definition) is 2. The molecule has 1 aromatic rings. The van der Waals surface area contributed by atoms with E-state index in [4.69, 9.17) is 0 Å². The minimum atomic E-state index is 0.289. The van der Waals surface area contributed by atoms with E-state index >= 15 is 0 Å². The largest absolute Gasteiger partial charge is 0.367 e. The number of aromatic nitrogens is 1. The number of aryl methyl sites for hydroxylation is 1. The standard InChI is InChI=1S/C23H36N6/c1-17-11-19(15-26-14-17)9-10-27-29(6)22(20(13-24)16-25-5)28-21-8-7-18(2)23(3,4)12-21/h11,14-16,18,21,27-28H,7-10,12H2,1-6H3/b22-20-,25-16?. The first-order chi connectivity index (χ1) is 13.8. The van der Waals surface area contributed by atoms with E-state index in [1.807, 2.05) is 24.5 Å². The number of nitriles is 1. The summed E-state index contributed by atoms with van der Waals surface area (Å²) < 4.78 is 0. The van der Waals surface area contributed by atoms with Crippen LogP contribution in [0.1, 0.15) is 51.2 Å². The highest BCUT2D eigenvalue weighted by Crippen LogP contribution is 2.40. The molecule has 6 nitrogen and oxygen atoms in total. The summed E-state index contributed by atoms with van der Waals surface area (Å²) in [5.74, 6) is 1.50. The minimum absolute atomic E-state index is 0.289. The molecule has 29 heavy (non-hydrogen) atoms. The number of hydrogen-bond acceptors (Lipinski definition) is 6. The van der Waals surface area contributed by atoms with Gasteiger partial charge in [-0.2, -0.15) is 5.26 Å². The van der Waals surface area contributed by atoms with Crippen LogP contribution < -0.4 is 10.7 Å². The Morgan fingerprint density at radius 1 is 1.41 bits per heavy atom. The summed E-state index contributed by atoms with van der Waals surface area (Å²) in [6, 6.07) is 4.79. The van der Waals surface area contributed by atoms with E-state index in [0.29, 0.717) is 17.5 Å². The second-order valence-electron chi connectivity index (χ2n) is 8.86. The molecule has 2 rings (SSSR count). The zero-order valence-electron chi connectivity index (χ0n) is 18.8. The lowest BCUT2D eigenvalue weighted by Crippen LogP contribution is -2.47. The molecule has 1 aliphatic rings. The van der Waals surface area contributed by atoms with Crippen molar-refractivity contribution in [3.05, 3.63) is 41.0 Å². The van der Waals surface area contributed by atoms with E-state index < -0.39 is 0 Å². The zero-order valence-corrected chi connectivity index (χ0v) is 18.8. The first-order valence-corrected chi connectivity index (χ1v) is 10.5. The van der Waals surface area contributed by atoms with E-state index in [1.54, 1.807) is 13.3 Å². The fourth-order valence-electron chi connectivity index (χ4n) is 3.93. The second kappa shape index (κ2) is 10.4. The Hall–Kier alpha value is -2.39. The van der Waals surface area contributed by atoms with E-state index in [-0.39, 0.29) is 5.41 Å². The Morgan fingerprint density at radius 3 is 2.79 bits per heavy atom. The van der Waals surface area contributed by atoms with Crippen LogP contribution in [0, 0.1) is 29.6 Å². The van der Waals surface area contributed by atoms with Gasteiger partial charge in [-0.25, -0.2) is 5.43 Å². The number of aliphatic imine (C=N–C) groups is 1. The van der Waals surface area contributed by atoms with Gasteiger partial charge in [0.2, 0.25) is 0 Å². The Labute approximate surface area is 176 Å². The molecule has 1 heterocycles. The van der Waals surface area contributed by atoms with Gasteiger partial charge in [-0.3, -0.25) is 15.0 Å². The van der Waals surface area contributed by atoms with Crippen LogP contribution in [0.2, 0.25) is 0 Å². The van der Waals surface area contributed by atoms with Crippen molar-refractivity contribution in [2.24, 2.45) is 16.3 Å². The number of hydrazine groups is 1.